The van der Waals surface area contributed by atoms with E-state index in [-0.39, 0.29) is 12.1 Å². The highest BCUT2D eigenvalue weighted by molar-refractivity contribution is 5.59. The van der Waals surface area contributed by atoms with Gasteiger partial charge in [0.25, 0.3) is 0 Å². The van der Waals surface area contributed by atoms with Crippen LogP contribution in [0.3, 0.4) is 0 Å². The molecule has 4 rings (SSSR count). The number of para-hydroxylation sites is 1. The Morgan fingerprint density at radius 2 is 1.67 bits per heavy atom. The quantitative estimate of drug-likeness (QED) is 0.656. The Morgan fingerprint density at radius 3 is 2.41 bits per heavy atom. The number of benzene rings is 3. The second-order valence-corrected chi connectivity index (χ2v) is 6.74. The van der Waals surface area contributed by atoms with Gasteiger partial charge in [-0.2, -0.15) is 0 Å². The molecule has 0 spiro atoms. The second-order valence-electron chi connectivity index (χ2n) is 6.74. The highest BCUT2D eigenvalue weighted by Crippen LogP contribution is 2.35. The van der Waals surface area contributed by atoms with Gasteiger partial charge in [-0.1, -0.05) is 30.3 Å². The van der Waals surface area contributed by atoms with Gasteiger partial charge in [-0.05, 0) is 60.0 Å². The van der Waals surface area contributed by atoms with E-state index < -0.39 is 0 Å². The van der Waals surface area contributed by atoms with E-state index in [1.165, 1.54) is 16.8 Å². The first-order chi connectivity index (χ1) is 13.3. The Morgan fingerprint density at radius 1 is 0.889 bits per heavy atom. The third-order valence-electron chi connectivity index (χ3n) is 5.07. The van der Waals surface area contributed by atoms with Gasteiger partial charge in [0, 0.05) is 11.4 Å². The van der Waals surface area contributed by atoms with E-state index in [0.29, 0.717) is 0 Å². The van der Waals surface area contributed by atoms with E-state index >= 15 is 0 Å². The summed E-state index contributed by atoms with van der Waals surface area (Å²) < 4.78 is 10.7. The van der Waals surface area contributed by atoms with Crippen LogP contribution in [-0.2, 0) is 6.42 Å². The van der Waals surface area contributed by atoms with Gasteiger partial charge in [-0.3, -0.25) is 0 Å². The molecule has 0 saturated heterocycles. The summed E-state index contributed by atoms with van der Waals surface area (Å²) in [5, 5.41) is 7.39. The molecule has 2 atom stereocenters. The van der Waals surface area contributed by atoms with Crippen molar-refractivity contribution in [1.82, 2.24) is 0 Å². The zero-order valence-corrected chi connectivity index (χ0v) is 15.6. The van der Waals surface area contributed by atoms with Gasteiger partial charge >= 0.3 is 0 Å². The molecule has 4 nitrogen and oxygen atoms in total. The average molecular weight is 360 g/mol. The summed E-state index contributed by atoms with van der Waals surface area (Å²) >= 11 is 0. The monoisotopic (exact) mass is 360 g/mol. The number of fused-ring (bicyclic) bond motifs is 1. The molecule has 0 unspecified atom stereocenters. The molecule has 2 N–H and O–H groups in total. The topological polar surface area (TPSA) is 42.5 Å². The van der Waals surface area contributed by atoms with Gasteiger partial charge in [-0.15, -0.1) is 0 Å². The fourth-order valence-corrected chi connectivity index (χ4v) is 3.65. The Bertz CT molecular complexity index is 883. The number of rotatable bonds is 6. The lowest BCUT2D eigenvalue weighted by atomic mass is 9.96. The van der Waals surface area contributed by atoms with Crippen molar-refractivity contribution in [2.75, 3.05) is 24.9 Å². The molecule has 0 saturated carbocycles. The van der Waals surface area contributed by atoms with Crippen molar-refractivity contribution in [3.63, 3.8) is 0 Å². The Kier molecular flexibility index (Phi) is 4.88. The predicted octanol–water partition coefficient (Wildman–Crippen LogP) is 4.89. The summed E-state index contributed by atoms with van der Waals surface area (Å²) in [7, 11) is 3.38. The summed E-state index contributed by atoms with van der Waals surface area (Å²) in [5.74, 6) is 1.72. The second kappa shape index (κ2) is 7.62. The van der Waals surface area contributed by atoms with E-state index in [1.54, 1.807) is 14.2 Å². The molecule has 1 aliphatic heterocycles. The maximum absolute atomic E-state index is 5.45. The highest BCUT2D eigenvalue weighted by atomic mass is 16.5. The fraction of sp³-hybridized carbons (Fsp3) is 0.217. The van der Waals surface area contributed by atoms with Crippen LogP contribution in [0.4, 0.5) is 11.4 Å². The molecule has 0 aliphatic carbocycles. The molecule has 138 valence electrons. The van der Waals surface area contributed by atoms with Crippen molar-refractivity contribution in [2.45, 2.75) is 18.5 Å². The van der Waals surface area contributed by atoms with Crippen molar-refractivity contribution >= 4 is 11.4 Å². The summed E-state index contributed by atoms with van der Waals surface area (Å²) in [6.07, 6.45) is 0.973. The largest absolute Gasteiger partial charge is 0.497 e. The lowest BCUT2D eigenvalue weighted by Gasteiger charge is -2.27. The van der Waals surface area contributed by atoms with Crippen molar-refractivity contribution in [1.29, 1.82) is 0 Å². The molecule has 0 bridgehead atoms. The molecule has 0 fully saturated rings. The summed E-state index contributed by atoms with van der Waals surface area (Å²) in [4.78, 5) is 0. The predicted molar refractivity (Wildman–Crippen MR) is 110 cm³/mol. The van der Waals surface area contributed by atoms with Gasteiger partial charge in [0.05, 0.1) is 26.3 Å². The summed E-state index contributed by atoms with van der Waals surface area (Å²) in [5.41, 5.74) is 4.82. The Hall–Kier alpha value is -3.14. The van der Waals surface area contributed by atoms with Gasteiger partial charge < -0.3 is 20.1 Å². The van der Waals surface area contributed by atoms with Crippen LogP contribution in [0, 0.1) is 0 Å². The van der Waals surface area contributed by atoms with Gasteiger partial charge in [0.2, 0.25) is 0 Å². The Balaban J connectivity index is 1.64. The number of ether oxygens (including phenoxy) is 2. The molecular formula is C23H24N2O2. The SMILES string of the molecule is COc1ccc(N[C@H](c2cccc(OC)c2)[C@@H]2Cc3ccccc3N2)cc1. The molecule has 3 aromatic carbocycles. The minimum atomic E-state index is 0.0981. The first kappa shape index (κ1) is 17.3. The minimum Gasteiger partial charge on any atom is -0.497 e. The van der Waals surface area contributed by atoms with Crippen LogP contribution in [0.5, 0.6) is 11.5 Å². The molecular weight excluding hydrogens is 336 g/mol. The molecule has 1 heterocycles. The summed E-state index contributed by atoms with van der Waals surface area (Å²) in [6, 6.07) is 25.2. The van der Waals surface area contributed by atoms with Gasteiger partial charge in [-0.25, -0.2) is 0 Å². The van der Waals surface area contributed by atoms with E-state index in [4.69, 9.17) is 9.47 Å². The lowest BCUT2D eigenvalue weighted by molar-refractivity contribution is 0.413. The van der Waals surface area contributed by atoms with Crippen molar-refractivity contribution < 1.29 is 9.47 Å². The maximum atomic E-state index is 5.45. The third kappa shape index (κ3) is 3.70. The fourth-order valence-electron chi connectivity index (χ4n) is 3.65. The molecule has 4 heteroatoms. The van der Waals surface area contributed by atoms with Crippen LogP contribution in [-0.4, -0.2) is 20.3 Å². The van der Waals surface area contributed by atoms with Crippen LogP contribution in [0.25, 0.3) is 0 Å². The zero-order valence-electron chi connectivity index (χ0n) is 15.6. The molecule has 0 amide bonds. The minimum absolute atomic E-state index is 0.0981. The smallest absolute Gasteiger partial charge is 0.119 e. The van der Waals surface area contributed by atoms with Crippen molar-refractivity contribution in [3.8, 4) is 11.5 Å². The van der Waals surface area contributed by atoms with Crippen LogP contribution in [0.2, 0.25) is 0 Å². The highest BCUT2D eigenvalue weighted by Gasteiger charge is 2.29. The number of methoxy groups -OCH3 is 2. The van der Waals surface area contributed by atoms with E-state index in [0.717, 1.165) is 23.6 Å². The number of nitrogens with one attached hydrogen (secondary N) is 2. The summed E-state index contributed by atoms with van der Waals surface area (Å²) in [6.45, 7) is 0. The van der Waals surface area contributed by atoms with Crippen LogP contribution >= 0.6 is 0 Å². The first-order valence-electron chi connectivity index (χ1n) is 9.16. The number of anilines is 2. The molecule has 0 radical (unpaired) electrons. The van der Waals surface area contributed by atoms with E-state index in [2.05, 4.69) is 47.0 Å². The number of hydrogen-bond donors (Lipinski definition) is 2. The lowest BCUT2D eigenvalue weighted by Crippen LogP contribution is -2.30. The van der Waals surface area contributed by atoms with Gasteiger partial charge in [0.15, 0.2) is 0 Å². The maximum Gasteiger partial charge on any atom is 0.119 e. The molecule has 27 heavy (non-hydrogen) atoms. The molecule has 3 aromatic rings. The van der Waals surface area contributed by atoms with Crippen LogP contribution in [0.15, 0.2) is 72.8 Å². The Labute approximate surface area is 160 Å². The third-order valence-corrected chi connectivity index (χ3v) is 5.07. The molecule has 1 aliphatic rings. The van der Waals surface area contributed by atoms with E-state index in [1.807, 2.05) is 36.4 Å². The normalized spacial score (nSPS) is 16.1. The average Bonchev–Trinajstić information content (AvgIpc) is 3.16. The van der Waals surface area contributed by atoms with Crippen molar-refractivity contribution in [3.05, 3.63) is 83.9 Å². The van der Waals surface area contributed by atoms with Gasteiger partial charge in [0.1, 0.15) is 11.5 Å². The number of hydrogen-bond acceptors (Lipinski definition) is 4. The zero-order chi connectivity index (χ0) is 18.6. The van der Waals surface area contributed by atoms with Crippen LogP contribution in [0.1, 0.15) is 17.2 Å². The van der Waals surface area contributed by atoms with E-state index in [9.17, 15) is 0 Å². The van der Waals surface area contributed by atoms with Crippen molar-refractivity contribution in [2.24, 2.45) is 0 Å². The molecule has 0 aromatic heterocycles. The standard InChI is InChI=1S/C23H24N2O2/c1-26-19-12-10-18(11-13-19)24-23(17-7-5-8-20(14-17)27-2)22-15-16-6-3-4-9-21(16)25-22/h3-14,22-25H,15H2,1-2H3/t22-,23+/m0/s1. The first-order valence-corrected chi connectivity index (χ1v) is 9.16. The van der Waals surface area contributed by atoms with Crippen LogP contribution < -0.4 is 20.1 Å².